The zero-order chi connectivity index (χ0) is 40.6. The molecule has 5 aliphatic heterocycles. The number of carbonyl (C=O) groups excluding carboxylic acids is 4. The third-order valence-corrected chi connectivity index (χ3v) is 11.7. The number of imide groups is 1. The molecular formula is C40H46F3N9O6. The Labute approximate surface area is 333 Å². The largest absolute Gasteiger partial charge is 0.475 e. The number of piperidine rings is 1. The van der Waals surface area contributed by atoms with Crippen LogP contribution in [-0.4, -0.2) is 139 Å². The predicted octanol–water partition coefficient (Wildman–Crippen LogP) is 3.67. The number of hydrogen-bond acceptors (Lipinski definition) is 11. The second kappa shape index (κ2) is 16.4. The van der Waals surface area contributed by atoms with E-state index in [1.54, 1.807) is 17.2 Å². The fourth-order valence-electron chi connectivity index (χ4n) is 8.30. The molecule has 0 saturated carbocycles. The molecule has 1 unspecified atom stereocenters. The number of anilines is 3. The van der Waals surface area contributed by atoms with Crippen LogP contribution in [0.4, 0.5) is 35.0 Å². The number of hydrogen-bond donors (Lipinski definition) is 2. The molecule has 18 heteroatoms. The average molecular weight is 806 g/mol. The van der Waals surface area contributed by atoms with Crippen LogP contribution in [0.2, 0.25) is 0 Å². The Bertz CT molecular complexity index is 2070. The second-order valence-electron chi connectivity index (χ2n) is 15.3. The van der Waals surface area contributed by atoms with Gasteiger partial charge in [-0.05, 0) is 55.7 Å². The van der Waals surface area contributed by atoms with Crippen molar-refractivity contribution in [1.29, 1.82) is 0 Å². The maximum absolute atomic E-state index is 13.2. The van der Waals surface area contributed by atoms with Gasteiger partial charge in [0.1, 0.15) is 18.3 Å². The third kappa shape index (κ3) is 8.39. The Hall–Kier alpha value is -5.49. The van der Waals surface area contributed by atoms with E-state index in [0.717, 1.165) is 54.2 Å². The van der Waals surface area contributed by atoms with E-state index in [1.165, 1.54) is 11.1 Å². The van der Waals surface area contributed by atoms with Gasteiger partial charge in [-0.25, -0.2) is 9.78 Å². The minimum absolute atomic E-state index is 0.0297. The van der Waals surface area contributed by atoms with E-state index in [4.69, 9.17) is 14.5 Å². The number of ether oxygens (including phenoxy) is 2. The highest BCUT2D eigenvalue weighted by molar-refractivity contribution is 6.05. The van der Waals surface area contributed by atoms with Gasteiger partial charge in [0.05, 0.1) is 31.0 Å². The van der Waals surface area contributed by atoms with Gasteiger partial charge in [0.25, 0.3) is 5.91 Å². The number of pyridine rings is 2. The number of fused-ring (bicyclic) bond motifs is 1. The zero-order valence-electron chi connectivity index (χ0n) is 32.2. The summed E-state index contributed by atoms with van der Waals surface area (Å²) in [6.07, 6.45) is -0.712. The molecule has 2 N–H and O–H groups in total. The van der Waals surface area contributed by atoms with E-state index in [0.29, 0.717) is 75.2 Å². The molecule has 4 fully saturated rings. The van der Waals surface area contributed by atoms with Crippen molar-refractivity contribution < 1.29 is 41.8 Å². The highest BCUT2D eigenvalue weighted by Gasteiger charge is 2.45. The lowest BCUT2D eigenvalue weighted by Crippen LogP contribution is -2.52. The maximum Gasteiger partial charge on any atom is 0.393 e. The molecule has 4 saturated heterocycles. The first kappa shape index (κ1) is 39.3. The molecular weight excluding hydrogens is 759 g/mol. The van der Waals surface area contributed by atoms with Gasteiger partial charge in [0, 0.05) is 106 Å². The molecule has 8 rings (SSSR count). The first-order valence-electron chi connectivity index (χ1n) is 19.7. The lowest BCUT2D eigenvalue weighted by atomic mass is 10.0. The topological polar surface area (TPSA) is 153 Å². The van der Waals surface area contributed by atoms with Crippen LogP contribution < -0.4 is 25.2 Å². The number of carbonyl (C=O) groups is 4. The standard InChI is InChI=1S/C40H46F3N9O6/c1-25-32(20-29(22-44-25)46-39(56)51-7-6-28(24-51)40(41,42)43)26-19-34(50-13-15-57-16-14-50)37(45-21-26)58-17-12-48-8-10-49(11-9-48)30-2-3-31-27(18-30)23-52(38(31)55)33-4-5-35(53)47-36(33)54/h2-3,18-22,28,33H,4-17,23-24H2,1H3,(H,46,56)(H,47,53,54)/t28-,33?/m1/s1. The molecule has 0 spiro atoms. The van der Waals surface area contributed by atoms with E-state index < -0.39 is 30.1 Å². The van der Waals surface area contributed by atoms with Crippen molar-refractivity contribution in [3.63, 3.8) is 0 Å². The van der Waals surface area contributed by atoms with Gasteiger partial charge in [-0.1, -0.05) is 0 Å². The van der Waals surface area contributed by atoms with Gasteiger partial charge in [0.2, 0.25) is 17.7 Å². The molecule has 58 heavy (non-hydrogen) atoms. The molecule has 0 aliphatic carbocycles. The van der Waals surface area contributed by atoms with Crippen molar-refractivity contribution in [1.82, 2.24) is 30.0 Å². The lowest BCUT2D eigenvalue weighted by Gasteiger charge is -2.36. The smallest absolute Gasteiger partial charge is 0.393 e. The van der Waals surface area contributed by atoms with Crippen LogP contribution in [0.5, 0.6) is 5.88 Å². The second-order valence-corrected chi connectivity index (χ2v) is 15.3. The third-order valence-electron chi connectivity index (χ3n) is 11.7. The van der Waals surface area contributed by atoms with Gasteiger partial charge in [-0.2, -0.15) is 13.2 Å². The summed E-state index contributed by atoms with van der Waals surface area (Å²) >= 11 is 0. The lowest BCUT2D eigenvalue weighted by molar-refractivity contribution is -0.169. The summed E-state index contributed by atoms with van der Waals surface area (Å²) in [6, 6.07) is 8.34. The van der Waals surface area contributed by atoms with E-state index in [1.807, 2.05) is 31.2 Å². The Morgan fingerprint density at radius 2 is 1.74 bits per heavy atom. The van der Waals surface area contributed by atoms with Crippen molar-refractivity contribution >= 4 is 40.8 Å². The van der Waals surface area contributed by atoms with Crippen molar-refractivity contribution in [2.75, 3.05) is 93.8 Å². The minimum Gasteiger partial charge on any atom is -0.475 e. The maximum atomic E-state index is 13.2. The summed E-state index contributed by atoms with van der Waals surface area (Å²) in [4.78, 5) is 68.9. The number of aromatic nitrogens is 2. The highest BCUT2D eigenvalue weighted by Crippen LogP contribution is 2.36. The number of rotatable bonds is 9. The first-order valence-corrected chi connectivity index (χ1v) is 19.7. The normalized spacial score (nSPS) is 21.7. The van der Waals surface area contributed by atoms with Gasteiger partial charge < -0.3 is 34.4 Å². The van der Waals surface area contributed by atoms with Crippen LogP contribution in [-0.2, 0) is 20.9 Å². The van der Waals surface area contributed by atoms with E-state index in [-0.39, 0.29) is 37.7 Å². The summed E-state index contributed by atoms with van der Waals surface area (Å²) in [7, 11) is 0. The quantitative estimate of drug-likeness (QED) is 0.305. The number of morpholine rings is 1. The number of aryl methyl sites for hydroxylation is 1. The number of benzene rings is 1. The summed E-state index contributed by atoms with van der Waals surface area (Å²) < 4.78 is 51.6. The van der Waals surface area contributed by atoms with Crippen LogP contribution in [0.1, 0.15) is 40.9 Å². The Morgan fingerprint density at radius 1 is 0.948 bits per heavy atom. The Morgan fingerprint density at radius 3 is 2.48 bits per heavy atom. The number of halogens is 3. The average Bonchev–Trinajstić information content (AvgIpc) is 3.85. The number of piperazine rings is 1. The Kier molecular flexibility index (Phi) is 11.1. The summed E-state index contributed by atoms with van der Waals surface area (Å²) in [5, 5.41) is 5.07. The highest BCUT2D eigenvalue weighted by atomic mass is 19.4. The summed E-state index contributed by atoms with van der Waals surface area (Å²) in [6.45, 7) is 8.54. The Balaban J connectivity index is 0.878. The fraction of sp³-hybridized carbons (Fsp3) is 0.500. The van der Waals surface area contributed by atoms with Crippen LogP contribution in [0.25, 0.3) is 11.1 Å². The van der Waals surface area contributed by atoms with E-state index in [2.05, 4.69) is 30.3 Å². The van der Waals surface area contributed by atoms with Crippen LogP contribution in [0, 0.1) is 12.8 Å². The number of alkyl halides is 3. The minimum atomic E-state index is -4.34. The van der Waals surface area contributed by atoms with Crippen LogP contribution >= 0.6 is 0 Å². The van der Waals surface area contributed by atoms with Gasteiger partial charge in [-0.15, -0.1) is 0 Å². The molecule has 3 aromatic rings. The van der Waals surface area contributed by atoms with E-state index >= 15 is 0 Å². The molecule has 7 heterocycles. The SMILES string of the molecule is Cc1ncc(NC(=O)N2CC[C@@H](C(F)(F)F)C2)cc1-c1cnc(OCCN2CCN(c3ccc4c(c3)CN(C3CCC(=O)NC3=O)C4=O)CC2)c(N2CCOCC2)c1. The fourth-order valence-corrected chi connectivity index (χ4v) is 8.30. The number of urea groups is 1. The molecule has 0 radical (unpaired) electrons. The summed E-state index contributed by atoms with van der Waals surface area (Å²) in [5.41, 5.74) is 5.85. The van der Waals surface area contributed by atoms with Crippen molar-refractivity contribution in [2.24, 2.45) is 5.92 Å². The van der Waals surface area contributed by atoms with Crippen LogP contribution in [0.15, 0.2) is 42.7 Å². The van der Waals surface area contributed by atoms with Crippen molar-refractivity contribution in [3.8, 4) is 17.0 Å². The zero-order valence-corrected chi connectivity index (χ0v) is 32.2. The van der Waals surface area contributed by atoms with Crippen molar-refractivity contribution in [2.45, 2.75) is 44.9 Å². The molecule has 1 aromatic carbocycles. The molecule has 5 aliphatic rings. The van der Waals surface area contributed by atoms with E-state index in [9.17, 15) is 32.3 Å². The molecule has 2 atom stereocenters. The first-order chi connectivity index (χ1) is 27.9. The number of nitrogens with zero attached hydrogens (tertiary/aromatic N) is 7. The monoisotopic (exact) mass is 805 g/mol. The van der Waals surface area contributed by atoms with Gasteiger partial charge in [-0.3, -0.25) is 29.6 Å². The van der Waals surface area contributed by atoms with Gasteiger partial charge >= 0.3 is 12.2 Å². The molecule has 0 bridgehead atoms. The van der Waals surface area contributed by atoms with Gasteiger partial charge in [0.15, 0.2) is 0 Å². The molecule has 5 amide bonds. The molecule has 15 nitrogen and oxygen atoms in total. The number of likely N-dealkylation sites (tertiary alicyclic amines) is 1. The summed E-state index contributed by atoms with van der Waals surface area (Å²) in [5.74, 6) is -1.95. The predicted molar refractivity (Wildman–Crippen MR) is 207 cm³/mol. The number of amides is 5. The molecule has 2 aromatic heterocycles. The number of nitrogens with one attached hydrogen (secondary N) is 2. The van der Waals surface area contributed by atoms with Crippen LogP contribution in [0.3, 0.4) is 0 Å². The molecule has 308 valence electrons. The van der Waals surface area contributed by atoms with Crippen molar-refractivity contribution in [3.05, 3.63) is 59.5 Å².